The van der Waals surface area contributed by atoms with Crippen LogP contribution < -0.4 is 0 Å². The Labute approximate surface area is 393 Å². The lowest BCUT2D eigenvalue weighted by molar-refractivity contribution is 0.472. The maximum atomic E-state index is 11.9. The Morgan fingerprint density at radius 2 is 1.20 bits per heavy atom. The number of hydrogen-bond acceptors (Lipinski definition) is 3. The molecular formula is C62H61N3O. The fourth-order valence-corrected chi connectivity index (χ4v) is 9.20. The summed E-state index contributed by atoms with van der Waals surface area (Å²) in [5.41, 5.74) is 20.3. The summed E-state index contributed by atoms with van der Waals surface area (Å²) in [7, 11) is 0. The van der Waals surface area contributed by atoms with Crippen molar-refractivity contribution in [1.82, 2.24) is 14.5 Å². The molecule has 9 rings (SSSR count). The van der Waals surface area contributed by atoms with Crippen LogP contribution in [0.2, 0.25) is 0 Å². The standard InChI is InChI=1S/C62H61N3O/c1-38(2)42-20-22-43(23-21-42)46-28-29-63-55(36-46)48-33-47(34-50(35-48)62(9,10)11)51-18-15-19-56-58(51)64-60(54-31-39(3)30-41(5)59(54)66)65(56)57-32-40(4)52(37-53(57)44-16-13-12-14-17-44)45-24-26-49(27-25-45)61(6,7)8/h12-38,66H,1-11H3/i38D. The van der Waals surface area contributed by atoms with Crippen LogP contribution in [-0.4, -0.2) is 19.6 Å². The van der Waals surface area contributed by atoms with Crippen molar-refractivity contribution in [1.29, 1.82) is 0 Å². The minimum Gasteiger partial charge on any atom is -0.507 e. The largest absolute Gasteiger partial charge is 0.507 e. The number of pyridine rings is 1. The SMILES string of the molecule is [2H]C(C)(C)c1ccc(-c2ccnc(-c3cc(-c4cccc5c4nc(-c4cc(C)cc(C)c4O)n5-c4cc(C)c(-c5ccc(C(C)(C)C)cc5)cc4-c4ccccc4)cc(C(C)(C)C)c3)c2)cc1. The summed E-state index contributed by atoms with van der Waals surface area (Å²) in [4.78, 5) is 10.6. The zero-order chi connectivity index (χ0) is 47.6. The smallest absolute Gasteiger partial charge is 0.149 e. The van der Waals surface area contributed by atoms with E-state index < -0.39 is 5.89 Å². The molecule has 4 heteroatoms. The van der Waals surface area contributed by atoms with E-state index in [9.17, 15) is 5.11 Å². The lowest BCUT2D eigenvalue weighted by Crippen LogP contribution is -2.11. The number of aryl methyl sites for hydroxylation is 3. The summed E-state index contributed by atoms with van der Waals surface area (Å²) >= 11 is 0. The van der Waals surface area contributed by atoms with Crippen molar-refractivity contribution in [3.05, 3.63) is 191 Å². The van der Waals surface area contributed by atoms with Crippen LogP contribution in [0.4, 0.5) is 0 Å². The molecular weight excluding hydrogens is 803 g/mol. The van der Waals surface area contributed by atoms with Crippen molar-refractivity contribution >= 4 is 11.0 Å². The van der Waals surface area contributed by atoms with Crippen LogP contribution in [0.15, 0.2) is 158 Å². The van der Waals surface area contributed by atoms with Crippen molar-refractivity contribution in [3.8, 4) is 78.6 Å². The summed E-state index contributed by atoms with van der Waals surface area (Å²) in [5, 5.41) is 11.9. The van der Waals surface area contributed by atoms with E-state index in [1.807, 2.05) is 33.0 Å². The fourth-order valence-electron chi connectivity index (χ4n) is 9.20. The van der Waals surface area contributed by atoms with E-state index in [-0.39, 0.29) is 16.6 Å². The summed E-state index contributed by atoms with van der Waals surface area (Å²) in [6.45, 7) is 23.6. The number of hydrogen-bond donors (Lipinski definition) is 1. The molecule has 0 saturated carbocycles. The molecule has 0 saturated heterocycles. The molecule has 0 fully saturated rings. The molecule has 0 aliphatic carbocycles. The lowest BCUT2D eigenvalue weighted by atomic mass is 9.83. The number of aromatic nitrogens is 3. The van der Waals surface area contributed by atoms with E-state index in [1.165, 1.54) is 22.3 Å². The van der Waals surface area contributed by atoms with Crippen LogP contribution in [-0.2, 0) is 10.8 Å². The second-order valence-electron chi connectivity index (χ2n) is 20.4. The third-order valence-corrected chi connectivity index (χ3v) is 13.1. The van der Waals surface area contributed by atoms with E-state index >= 15 is 0 Å². The number of imidazole rings is 1. The Morgan fingerprint density at radius 1 is 0.530 bits per heavy atom. The lowest BCUT2D eigenvalue weighted by Gasteiger charge is -2.22. The zero-order valence-electron chi connectivity index (χ0n) is 41.3. The first-order valence-corrected chi connectivity index (χ1v) is 23.1. The number of aromatic hydroxyl groups is 1. The Hall–Kier alpha value is -7.04. The molecule has 0 aliphatic heterocycles. The van der Waals surface area contributed by atoms with Crippen molar-refractivity contribution in [2.45, 2.75) is 92.9 Å². The van der Waals surface area contributed by atoms with Crippen LogP contribution >= 0.6 is 0 Å². The number of fused-ring (bicyclic) bond motifs is 1. The quantitative estimate of drug-likeness (QED) is 0.166. The summed E-state index contributed by atoms with van der Waals surface area (Å²) < 4.78 is 10.8. The maximum Gasteiger partial charge on any atom is 0.149 e. The van der Waals surface area contributed by atoms with Gasteiger partial charge in [-0.2, -0.15) is 0 Å². The molecule has 7 aromatic carbocycles. The third kappa shape index (κ3) is 8.49. The van der Waals surface area contributed by atoms with Crippen LogP contribution in [0.3, 0.4) is 0 Å². The molecule has 1 N–H and O–H groups in total. The number of rotatable bonds is 8. The molecule has 0 spiro atoms. The highest BCUT2D eigenvalue weighted by Crippen LogP contribution is 2.44. The first kappa shape index (κ1) is 42.9. The molecule has 2 heterocycles. The Balaban J connectivity index is 1.28. The van der Waals surface area contributed by atoms with Gasteiger partial charge in [0.05, 0.1) is 28.0 Å². The van der Waals surface area contributed by atoms with Gasteiger partial charge in [0, 0.05) is 24.3 Å². The molecule has 0 aliphatic rings. The van der Waals surface area contributed by atoms with Crippen LogP contribution in [0.25, 0.3) is 83.9 Å². The van der Waals surface area contributed by atoms with Gasteiger partial charge in [-0.1, -0.05) is 159 Å². The minimum absolute atomic E-state index is 0.0518. The number of phenolic OH excluding ortho intramolecular Hbond substituents is 1. The summed E-state index contributed by atoms with van der Waals surface area (Å²) in [5.74, 6) is 0.225. The molecule has 0 radical (unpaired) electrons. The highest BCUT2D eigenvalue weighted by molar-refractivity contribution is 5.98. The van der Waals surface area contributed by atoms with E-state index in [1.54, 1.807) is 0 Å². The normalized spacial score (nSPS) is 12.4. The Morgan fingerprint density at radius 3 is 1.88 bits per heavy atom. The van der Waals surface area contributed by atoms with E-state index in [0.29, 0.717) is 11.4 Å². The third-order valence-electron chi connectivity index (χ3n) is 13.1. The van der Waals surface area contributed by atoms with Crippen molar-refractivity contribution in [2.24, 2.45) is 0 Å². The Kier molecular flexibility index (Phi) is 11.1. The summed E-state index contributed by atoms with van der Waals surface area (Å²) in [6.07, 6.45) is 1.89. The second kappa shape index (κ2) is 17.1. The van der Waals surface area contributed by atoms with Gasteiger partial charge in [0.1, 0.15) is 11.6 Å². The fraction of sp³-hybridized carbons (Fsp3) is 0.226. The zero-order valence-corrected chi connectivity index (χ0v) is 40.3. The predicted octanol–water partition coefficient (Wildman–Crippen LogP) is 16.8. The number of phenols is 1. The molecule has 9 aromatic rings. The molecule has 0 amide bonds. The molecule has 4 nitrogen and oxygen atoms in total. The van der Waals surface area contributed by atoms with Gasteiger partial charge < -0.3 is 5.11 Å². The second-order valence-corrected chi connectivity index (χ2v) is 20.4. The topological polar surface area (TPSA) is 50.9 Å². The monoisotopic (exact) mass is 864 g/mol. The van der Waals surface area contributed by atoms with E-state index in [4.69, 9.17) is 11.3 Å². The average molecular weight is 865 g/mol. The molecule has 0 atom stereocenters. The van der Waals surface area contributed by atoms with Crippen molar-refractivity contribution in [2.75, 3.05) is 0 Å². The molecule has 0 unspecified atom stereocenters. The van der Waals surface area contributed by atoms with Gasteiger partial charge >= 0.3 is 0 Å². The molecule has 0 bridgehead atoms. The predicted molar refractivity (Wildman–Crippen MR) is 279 cm³/mol. The molecule has 66 heavy (non-hydrogen) atoms. The average Bonchev–Trinajstić information content (AvgIpc) is 3.69. The molecule has 2 aromatic heterocycles. The number of nitrogens with zero attached hydrogens (tertiary/aromatic N) is 3. The van der Waals surface area contributed by atoms with Crippen molar-refractivity contribution in [3.63, 3.8) is 0 Å². The van der Waals surface area contributed by atoms with Crippen LogP contribution in [0.5, 0.6) is 5.75 Å². The summed E-state index contributed by atoms with van der Waals surface area (Å²) in [6, 6.07) is 54.1. The van der Waals surface area contributed by atoms with Gasteiger partial charge in [0.25, 0.3) is 0 Å². The van der Waals surface area contributed by atoms with Gasteiger partial charge in [-0.3, -0.25) is 9.55 Å². The molecule has 330 valence electrons. The first-order valence-electron chi connectivity index (χ1n) is 23.6. The van der Waals surface area contributed by atoms with Crippen LogP contribution in [0, 0.1) is 20.8 Å². The first-order chi connectivity index (χ1) is 31.7. The van der Waals surface area contributed by atoms with Gasteiger partial charge in [0.15, 0.2) is 0 Å². The maximum absolute atomic E-state index is 11.9. The van der Waals surface area contributed by atoms with Gasteiger partial charge in [-0.25, -0.2) is 4.98 Å². The van der Waals surface area contributed by atoms with Crippen LogP contribution in [0.1, 0.15) is 96.0 Å². The highest BCUT2D eigenvalue weighted by atomic mass is 16.3. The van der Waals surface area contributed by atoms with E-state index in [0.717, 1.165) is 83.6 Å². The van der Waals surface area contributed by atoms with Gasteiger partial charge in [-0.05, 0) is 153 Å². The Bertz CT molecular complexity index is 3300. The van der Waals surface area contributed by atoms with Gasteiger partial charge in [-0.15, -0.1) is 0 Å². The van der Waals surface area contributed by atoms with E-state index in [2.05, 4.69) is 206 Å². The van der Waals surface area contributed by atoms with Crippen molar-refractivity contribution < 1.29 is 6.48 Å². The number of para-hydroxylation sites is 1. The highest BCUT2D eigenvalue weighted by Gasteiger charge is 2.25. The van der Waals surface area contributed by atoms with Gasteiger partial charge in [0.2, 0.25) is 0 Å². The number of benzene rings is 7. The minimum atomic E-state index is -0.669.